The first-order valence-corrected chi connectivity index (χ1v) is 25.9. The van der Waals surface area contributed by atoms with E-state index in [9.17, 15) is 45.6 Å². The molecular weight excluding hydrogens is 823 g/mol. The topological polar surface area (TPSA) is 228 Å². The SMILES string of the molecule is CCCCCCCCCCCCCCCCCCCCCCCCCCCC/C=C/C(O)C(COC1OC(CO)C(OC2OC(CO)C(O)C(O)C2O)C(O)C1O)NC(=O)CCCC. The fraction of sp³-hybridized carbons (Fsp3) is 0.940. The Balaban J connectivity index is 1.58. The largest absolute Gasteiger partial charge is 0.394 e. The molecule has 1 amide bonds. The normalized spacial score (nSPS) is 27.3. The molecule has 0 saturated carbocycles. The van der Waals surface area contributed by atoms with E-state index in [1.54, 1.807) is 6.08 Å². The number of hydrogen-bond acceptors (Lipinski definition) is 13. The monoisotopic (exact) mass is 918 g/mol. The molecule has 2 saturated heterocycles. The van der Waals surface area contributed by atoms with E-state index < -0.39 is 86.8 Å². The summed E-state index contributed by atoms with van der Waals surface area (Å²) >= 11 is 0. The van der Waals surface area contributed by atoms with E-state index in [1.165, 1.54) is 154 Å². The van der Waals surface area contributed by atoms with Crippen LogP contribution >= 0.6 is 0 Å². The Kier molecular flexibility index (Phi) is 34.7. The lowest BCUT2D eigenvalue weighted by atomic mass is 9.97. The number of carbonyl (C=O) groups excluding carboxylic acids is 1. The zero-order valence-electron chi connectivity index (χ0n) is 40.0. The lowest BCUT2D eigenvalue weighted by Crippen LogP contribution is -2.65. The van der Waals surface area contributed by atoms with Crippen molar-refractivity contribution in [3.05, 3.63) is 12.2 Å². The molecule has 0 aromatic carbocycles. The Hall–Kier alpha value is -1.27. The summed E-state index contributed by atoms with van der Waals surface area (Å²) in [6, 6.07) is -0.905. The van der Waals surface area contributed by atoms with E-state index in [-0.39, 0.29) is 18.9 Å². The van der Waals surface area contributed by atoms with E-state index in [2.05, 4.69) is 12.2 Å². The van der Waals surface area contributed by atoms with Crippen LogP contribution in [0.25, 0.3) is 0 Å². The van der Waals surface area contributed by atoms with Crippen LogP contribution in [0.2, 0.25) is 0 Å². The summed E-state index contributed by atoms with van der Waals surface area (Å²) in [7, 11) is 0. The Morgan fingerprint density at radius 3 is 1.42 bits per heavy atom. The number of unbranched alkanes of at least 4 members (excludes halogenated alkanes) is 27. The van der Waals surface area contributed by atoms with Crippen LogP contribution in [0.3, 0.4) is 0 Å². The van der Waals surface area contributed by atoms with Crippen LogP contribution in [0.4, 0.5) is 0 Å². The molecular formula is C50H95NO13. The molecule has 14 heteroatoms. The molecule has 0 bridgehead atoms. The minimum atomic E-state index is -1.78. The Labute approximate surface area is 386 Å². The molecule has 14 nitrogen and oxygen atoms in total. The van der Waals surface area contributed by atoms with Crippen molar-refractivity contribution in [2.24, 2.45) is 0 Å². The zero-order chi connectivity index (χ0) is 46.8. The van der Waals surface area contributed by atoms with E-state index in [0.717, 1.165) is 25.7 Å². The highest BCUT2D eigenvalue weighted by atomic mass is 16.7. The first-order chi connectivity index (χ1) is 31.1. The van der Waals surface area contributed by atoms with Gasteiger partial charge in [0.25, 0.3) is 0 Å². The third kappa shape index (κ3) is 24.7. The van der Waals surface area contributed by atoms with Gasteiger partial charge in [-0.2, -0.15) is 0 Å². The molecule has 2 heterocycles. The van der Waals surface area contributed by atoms with Gasteiger partial charge in [-0.3, -0.25) is 4.79 Å². The second-order valence-corrected chi connectivity index (χ2v) is 18.7. The molecule has 2 aliphatic rings. The van der Waals surface area contributed by atoms with Gasteiger partial charge in [0.2, 0.25) is 5.91 Å². The molecule has 378 valence electrons. The van der Waals surface area contributed by atoms with Crippen LogP contribution in [0.5, 0.6) is 0 Å². The van der Waals surface area contributed by atoms with E-state index in [1.807, 2.05) is 13.0 Å². The highest BCUT2D eigenvalue weighted by Gasteiger charge is 2.51. The van der Waals surface area contributed by atoms with Crippen molar-refractivity contribution >= 4 is 5.91 Å². The molecule has 12 unspecified atom stereocenters. The summed E-state index contributed by atoms with van der Waals surface area (Å²) in [6.07, 6.45) is 24.3. The Bertz CT molecular complexity index is 1130. The molecule has 2 fully saturated rings. The fourth-order valence-corrected chi connectivity index (χ4v) is 8.68. The van der Waals surface area contributed by atoms with Gasteiger partial charge in [0.1, 0.15) is 48.8 Å². The highest BCUT2D eigenvalue weighted by molar-refractivity contribution is 5.76. The smallest absolute Gasteiger partial charge is 0.220 e. The summed E-state index contributed by atoms with van der Waals surface area (Å²) in [5.74, 6) is -0.273. The van der Waals surface area contributed by atoms with Crippen molar-refractivity contribution in [3.8, 4) is 0 Å². The van der Waals surface area contributed by atoms with Gasteiger partial charge in [-0.15, -0.1) is 0 Å². The molecule has 12 atom stereocenters. The predicted octanol–water partition coefficient (Wildman–Crippen LogP) is 6.77. The molecule has 2 rings (SSSR count). The minimum Gasteiger partial charge on any atom is -0.394 e. The number of nitrogens with one attached hydrogen (secondary N) is 1. The summed E-state index contributed by atoms with van der Waals surface area (Å²) in [4.78, 5) is 12.7. The third-order valence-corrected chi connectivity index (χ3v) is 13.0. The molecule has 0 aromatic heterocycles. The molecule has 0 aliphatic carbocycles. The van der Waals surface area contributed by atoms with Gasteiger partial charge in [-0.25, -0.2) is 0 Å². The number of aliphatic hydroxyl groups is 8. The first kappa shape index (κ1) is 58.9. The van der Waals surface area contributed by atoms with Crippen LogP contribution in [0, 0.1) is 0 Å². The van der Waals surface area contributed by atoms with Crippen molar-refractivity contribution in [2.75, 3.05) is 19.8 Å². The lowest BCUT2D eigenvalue weighted by molar-refractivity contribution is -0.359. The first-order valence-electron chi connectivity index (χ1n) is 25.9. The van der Waals surface area contributed by atoms with Crippen molar-refractivity contribution < 1.29 is 64.6 Å². The highest BCUT2D eigenvalue weighted by Crippen LogP contribution is 2.30. The number of ether oxygens (including phenoxy) is 4. The molecule has 9 N–H and O–H groups in total. The maximum atomic E-state index is 12.7. The average Bonchev–Trinajstić information content (AvgIpc) is 3.29. The summed E-state index contributed by atoms with van der Waals surface area (Å²) in [5.41, 5.74) is 0. The van der Waals surface area contributed by atoms with Crippen molar-refractivity contribution in [3.63, 3.8) is 0 Å². The zero-order valence-corrected chi connectivity index (χ0v) is 40.0. The minimum absolute atomic E-state index is 0.258. The van der Waals surface area contributed by atoms with Crippen LogP contribution < -0.4 is 5.32 Å². The quantitative estimate of drug-likeness (QED) is 0.0229. The summed E-state index contributed by atoms with van der Waals surface area (Å²) < 4.78 is 22.5. The van der Waals surface area contributed by atoms with Gasteiger partial charge < -0.3 is 65.1 Å². The fourth-order valence-electron chi connectivity index (χ4n) is 8.68. The molecule has 0 spiro atoms. The van der Waals surface area contributed by atoms with E-state index in [4.69, 9.17) is 18.9 Å². The third-order valence-electron chi connectivity index (χ3n) is 13.0. The van der Waals surface area contributed by atoms with Crippen LogP contribution in [0.15, 0.2) is 12.2 Å². The van der Waals surface area contributed by atoms with Gasteiger partial charge in [-0.1, -0.05) is 193 Å². The molecule has 2 aliphatic heterocycles. The average molecular weight is 918 g/mol. The summed E-state index contributed by atoms with van der Waals surface area (Å²) in [6.45, 7) is 2.54. The van der Waals surface area contributed by atoms with Gasteiger partial charge in [-0.05, 0) is 19.3 Å². The number of hydrogen-bond donors (Lipinski definition) is 9. The predicted molar refractivity (Wildman–Crippen MR) is 249 cm³/mol. The maximum absolute atomic E-state index is 12.7. The maximum Gasteiger partial charge on any atom is 0.220 e. The number of aliphatic hydroxyl groups excluding tert-OH is 8. The number of carbonyl (C=O) groups is 1. The second kappa shape index (κ2) is 37.7. The van der Waals surface area contributed by atoms with Gasteiger partial charge >= 0.3 is 0 Å². The number of amides is 1. The number of rotatable bonds is 40. The molecule has 0 aromatic rings. The van der Waals surface area contributed by atoms with Gasteiger partial charge in [0.05, 0.1) is 32.0 Å². The second-order valence-electron chi connectivity index (χ2n) is 18.7. The van der Waals surface area contributed by atoms with Crippen molar-refractivity contribution in [1.82, 2.24) is 5.32 Å². The molecule has 0 radical (unpaired) electrons. The van der Waals surface area contributed by atoms with Crippen molar-refractivity contribution in [2.45, 2.75) is 280 Å². The standard InChI is InChI=1S/C50H95NO13/c1-3-5-7-8-9-10-11-12-13-14-15-16-17-18-19-20-21-22-23-24-25-26-27-28-29-30-31-32-33-39(54)38(51-42(55)34-6-4-2)37-61-49-47(60)45(58)48(41(36-53)63-49)64-50-46(59)44(57)43(56)40(35-52)62-50/h32-33,38-41,43-50,52-54,56-60H,3-31,34-37H2,1-2H3,(H,51,55)/b33-32+. The van der Waals surface area contributed by atoms with Crippen LogP contribution in [-0.4, -0.2) is 140 Å². The Morgan fingerprint density at radius 2 is 0.969 bits per heavy atom. The Morgan fingerprint density at radius 1 is 0.547 bits per heavy atom. The van der Waals surface area contributed by atoms with Crippen molar-refractivity contribution in [1.29, 1.82) is 0 Å². The van der Waals surface area contributed by atoms with Crippen LogP contribution in [0.1, 0.15) is 206 Å². The lowest BCUT2D eigenvalue weighted by Gasteiger charge is -2.46. The van der Waals surface area contributed by atoms with E-state index >= 15 is 0 Å². The van der Waals surface area contributed by atoms with Crippen LogP contribution in [-0.2, 0) is 23.7 Å². The molecule has 64 heavy (non-hydrogen) atoms. The van der Waals surface area contributed by atoms with Gasteiger partial charge in [0, 0.05) is 6.42 Å². The van der Waals surface area contributed by atoms with Gasteiger partial charge in [0.15, 0.2) is 12.6 Å². The van der Waals surface area contributed by atoms with E-state index in [0.29, 0.717) is 6.42 Å². The summed E-state index contributed by atoms with van der Waals surface area (Å²) in [5, 5.41) is 85.9. The number of allylic oxidation sites excluding steroid dienone is 1.